The van der Waals surface area contributed by atoms with Gasteiger partial charge in [0.05, 0.1) is 12.3 Å². The zero-order valence-electron chi connectivity index (χ0n) is 12.6. The van der Waals surface area contributed by atoms with Crippen LogP contribution in [-0.2, 0) is 18.3 Å². The summed E-state index contributed by atoms with van der Waals surface area (Å²) in [6.45, 7) is 9.19. The molecule has 2 heterocycles. The van der Waals surface area contributed by atoms with Gasteiger partial charge in [-0.25, -0.2) is 0 Å². The first-order valence-electron chi connectivity index (χ1n) is 7.10. The quantitative estimate of drug-likeness (QED) is 0.788. The van der Waals surface area contributed by atoms with Crippen LogP contribution in [0.5, 0.6) is 0 Å². The minimum atomic E-state index is 0.745. The molecule has 0 aliphatic carbocycles. The second-order valence-corrected chi connectivity index (χ2v) is 5.52. The van der Waals surface area contributed by atoms with Crippen molar-refractivity contribution in [2.75, 3.05) is 38.3 Å². The molecule has 5 nitrogen and oxygen atoms in total. The Balaban J connectivity index is 2.08. The van der Waals surface area contributed by atoms with E-state index in [1.807, 2.05) is 11.7 Å². The average molecular weight is 266 g/mol. The minimum absolute atomic E-state index is 0.745. The van der Waals surface area contributed by atoms with E-state index in [4.69, 9.17) is 4.74 Å². The van der Waals surface area contributed by atoms with Crippen LogP contribution < -0.4 is 10.2 Å². The molecule has 1 atom stereocenters. The van der Waals surface area contributed by atoms with Crippen molar-refractivity contribution >= 4 is 5.82 Å². The van der Waals surface area contributed by atoms with Gasteiger partial charge in [0.1, 0.15) is 5.82 Å². The summed E-state index contributed by atoms with van der Waals surface area (Å²) >= 11 is 0. The maximum Gasteiger partial charge on any atom is 0.131 e. The number of ether oxygens (including phenoxy) is 1. The number of rotatable bonds is 6. The molecule has 1 aromatic rings. The highest BCUT2D eigenvalue weighted by Crippen LogP contribution is 2.28. The molecule has 1 aliphatic rings. The second kappa shape index (κ2) is 6.39. The fourth-order valence-electron chi connectivity index (χ4n) is 2.81. The van der Waals surface area contributed by atoms with Crippen LogP contribution in [-0.4, -0.2) is 43.1 Å². The van der Waals surface area contributed by atoms with Gasteiger partial charge >= 0.3 is 0 Å². The third-order valence-electron chi connectivity index (χ3n) is 3.82. The smallest absolute Gasteiger partial charge is 0.131 e. The first kappa shape index (κ1) is 14.3. The van der Waals surface area contributed by atoms with Gasteiger partial charge < -0.3 is 15.0 Å². The van der Waals surface area contributed by atoms with E-state index in [0.29, 0.717) is 0 Å². The summed E-state index contributed by atoms with van der Waals surface area (Å²) in [7, 11) is 3.78. The summed E-state index contributed by atoms with van der Waals surface area (Å²) in [5, 5.41) is 8.01. The Bertz CT molecular complexity index is 416. The van der Waals surface area contributed by atoms with Crippen molar-refractivity contribution < 1.29 is 4.74 Å². The Kier molecular flexibility index (Phi) is 4.82. The first-order valence-corrected chi connectivity index (χ1v) is 7.10. The van der Waals surface area contributed by atoms with Crippen molar-refractivity contribution in [3.63, 3.8) is 0 Å². The molecule has 1 saturated heterocycles. The normalized spacial score (nSPS) is 19.4. The van der Waals surface area contributed by atoms with E-state index in [0.717, 1.165) is 44.4 Å². The van der Waals surface area contributed by atoms with E-state index in [9.17, 15) is 0 Å². The minimum Gasteiger partial charge on any atom is -0.383 e. The van der Waals surface area contributed by atoms with Crippen LogP contribution in [0.2, 0.25) is 0 Å². The molecule has 0 radical (unpaired) electrons. The van der Waals surface area contributed by atoms with Gasteiger partial charge in [-0.05, 0) is 19.3 Å². The predicted octanol–water partition coefficient (Wildman–Crippen LogP) is 1.31. The Morgan fingerprint density at radius 1 is 1.47 bits per heavy atom. The van der Waals surface area contributed by atoms with Gasteiger partial charge in [0.25, 0.3) is 0 Å². The van der Waals surface area contributed by atoms with E-state index in [2.05, 4.69) is 29.2 Å². The lowest BCUT2D eigenvalue weighted by molar-refractivity contribution is 0.199. The summed E-state index contributed by atoms with van der Waals surface area (Å²) in [4.78, 5) is 2.47. The Morgan fingerprint density at radius 3 is 2.89 bits per heavy atom. The second-order valence-electron chi connectivity index (χ2n) is 5.52. The van der Waals surface area contributed by atoms with E-state index < -0.39 is 0 Å². The average Bonchev–Trinajstić information content (AvgIpc) is 2.89. The third-order valence-corrected chi connectivity index (χ3v) is 3.82. The molecule has 0 spiro atoms. The van der Waals surface area contributed by atoms with Crippen LogP contribution in [0.1, 0.15) is 24.6 Å². The molecule has 1 fully saturated rings. The lowest BCUT2D eigenvalue weighted by Gasteiger charge is -2.20. The number of aromatic nitrogens is 2. The third kappa shape index (κ3) is 3.28. The molecule has 1 aromatic heterocycles. The number of aryl methyl sites for hydroxylation is 2. The molecule has 0 amide bonds. The molecule has 1 aliphatic heterocycles. The number of hydrogen-bond donors (Lipinski definition) is 1. The summed E-state index contributed by atoms with van der Waals surface area (Å²) < 4.78 is 7.09. The van der Waals surface area contributed by atoms with Crippen LogP contribution in [0.4, 0.5) is 5.82 Å². The number of anilines is 1. The fourth-order valence-corrected chi connectivity index (χ4v) is 2.81. The van der Waals surface area contributed by atoms with Gasteiger partial charge in [-0.2, -0.15) is 5.10 Å². The van der Waals surface area contributed by atoms with Gasteiger partial charge in [-0.3, -0.25) is 4.68 Å². The molecular weight excluding hydrogens is 240 g/mol. The SMILES string of the molecule is COCCNCc1c(C)nn(C)c1N1CCC(C)C1. The highest BCUT2D eigenvalue weighted by molar-refractivity contribution is 5.51. The highest BCUT2D eigenvalue weighted by atomic mass is 16.5. The molecule has 0 aromatic carbocycles. The monoisotopic (exact) mass is 266 g/mol. The zero-order valence-corrected chi connectivity index (χ0v) is 12.6. The van der Waals surface area contributed by atoms with E-state index >= 15 is 0 Å². The summed E-state index contributed by atoms with van der Waals surface area (Å²) in [5.74, 6) is 2.07. The van der Waals surface area contributed by atoms with Crippen molar-refractivity contribution in [1.29, 1.82) is 0 Å². The van der Waals surface area contributed by atoms with Crippen molar-refractivity contribution in [2.24, 2.45) is 13.0 Å². The molecular formula is C14H26N4O. The van der Waals surface area contributed by atoms with Crippen molar-refractivity contribution in [3.05, 3.63) is 11.3 Å². The van der Waals surface area contributed by atoms with Crippen LogP contribution in [0.15, 0.2) is 0 Å². The molecule has 5 heteroatoms. The van der Waals surface area contributed by atoms with Gasteiger partial charge in [0.15, 0.2) is 0 Å². The lowest BCUT2D eigenvalue weighted by atomic mass is 10.2. The molecule has 2 rings (SSSR count). The summed E-state index contributed by atoms with van der Waals surface area (Å²) in [5.41, 5.74) is 2.45. The van der Waals surface area contributed by atoms with Crippen LogP contribution in [0, 0.1) is 12.8 Å². The van der Waals surface area contributed by atoms with Gasteiger partial charge in [0, 0.05) is 45.9 Å². The van der Waals surface area contributed by atoms with Gasteiger partial charge in [-0.1, -0.05) is 6.92 Å². The maximum absolute atomic E-state index is 5.07. The van der Waals surface area contributed by atoms with Gasteiger partial charge in [-0.15, -0.1) is 0 Å². The van der Waals surface area contributed by atoms with E-state index in [1.54, 1.807) is 7.11 Å². The first-order chi connectivity index (χ1) is 9.13. The topological polar surface area (TPSA) is 42.3 Å². The fraction of sp³-hybridized carbons (Fsp3) is 0.786. The Hall–Kier alpha value is -1.07. The van der Waals surface area contributed by atoms with Crippen molar-refractivity contribution in [1.82, 2.24) is 15.1 Å². The summed E-state index contributed by atoms with van der Waals surface area (Å²) in [6.07, 6.45) is 1.28. The van der Waals surface area contributed by atoms with Crippen LogP contribution in [0.25, 0.3) is 0 Å². The molecule has 108 valence electrons. The lowest BCUT2D eigenvalue weighted by Crippen LogP contribution is -2.25. The molecule has 0 saturated carbocycles. The number of methoxy groups -OCH3 is 1. The largest absolute Gasteiger partial charge is 0.383 e. The van der Waals surface area contributed by atoms with E-state index in [1.165, 1.54) is 17.8 Å². The predicted molar refractivity (Wildman–Crippen MR) is 77.5 cm³/mol. The van der Waals surface area contributed by atoms with Crippen LogP contribution in [0.3, 0.4) is 0 Å². The number of nitrogens with zero attached hydrogens (tertiary/aromatic N) is 3. The standard InChI is InChI=1S/C14H26N4O/c1-11-5-7-18(10-11)14-13(9-15-6-8-19-4)12(2)16-17(14)3/h11,15H,5-10H2,1-4H3. The molecule has 19 heavy (non-hydrogen) atoms. The molecule has 1 N–H and O–H groups in total. The Morgan fingerprint density at radius 2 is 2.26 bits per heavy atom. The highest BCUT2D eigenvalue weighted by Gasteiger charge is 2.25. The van der Waals surface area contributed by atoms with Gasteiger partial charge in [0.2, 0.25) is 0 Å². The molecule has 0 bridgehead atoms. The van der Waals surface area contributed by atoms with Crippen molar-refractivity contribution in [2.45, 2.75) is 26.8 Å². The van der Waals surface area contributed by atoms with E-state index in [-0.39, 0.29) is 0 Å². The zero-order chi connectivity index (χ0) is 13.8. The van der Waals surface area contributed by atoms with Crippen LogP contribution >= 0.6 is 0 Å². The van der Waals surface area contributed by atoms with Crippen molar-refractivity contribution in [3.8, 4) is 0 Å². The maximum atomic E-state index is 5.07. The summed E-state index contributed by atoms with van der Waals surface area (Å²) in [6, 6.07) is 0. The molecule has 1 unspecified atom stereocenters. The number of nitrogens with one attached hydrogen (secondary N) is 1. The number of hydrogen-bond acceptors (Lipinski definition) is 4. The Labute approximate surface area is 115 Å².